The van der Waals surface area contributed by atoms with E-state index >= 15 is 0 Å². The Bertz CT molecular complexity index is 5540. The molecule has 508 valence electrons. The number of hydrogen-bond donors (Lipinski definition) is 0. The smallest absolute Gasteiger partial charge is 0.252 e. The molecule has 4 heterocycles. The van der Waals surface area contributed by atoms with E-state index in [4.69, 9.17) is 0 Å². The van der Waals surface area contributed by atoms with Crippen LogP contribution >= 0.6 is 0 Å². The van der Waals surface area contributed by atoms with E-state index in [-0.39, 0.29) is 45.9 Å². The van der Waals surface area contributed by atoms with E-state index < -0.39 is 5.41 Å². The Morgan fingerprint density at radius 3 is 0.883 bits per heavy atom. The van der Waals surface area contributed by atoms with Gasteiger partial charge in [0, 0.05) is 68.2 Å². The molecule has 0 amide bonds. The summed E-state index contributed by atoms with van der Waals surface area (Å²) < 4.78 is 0. The number of nitrogens with zero attached hydrogens (tertiary/aromatic N) is 4. The molecule has 0 aromatic heterocycles. The standard InChI is InChI=1S/C97H94B2N4/c1-91(2,3)59-33-41-65(42-34-59)100-81-51-39-61(93(7,8)9)53-79(81)99-80-54-62(94(10,11)12)40-52-82(80)102(85-31-23-29-83(100)90(85)99)67-45-47-71-69-25-19-21-27-73(69)97(75(71)57-67)74-28-22-20-26-70(74)72-48-46-68(58-76(72)97)103-86-32-24-30-84-89(86)98(78-50-38-64(56-88(78)103)96(16,17)18)77-49-37-63(95(13,14)15)55-87(77)101(84)66-43-35-60(36-44-66)92(4,5)6/h19-58H,1-18H3. The summed E-state index contributed by atoms with van der Waals surface area (Å²) in [5.41, 5.74) is 39.8. The van der Waals surface area contributed by atoms with Crippen molar-refractivity contribution >= 4 is 114 Å². The van der Waals surface area contributed by atoms with Crippen LogP contribution in [0.4, 0.5) is 68.2 Å². The molecule has 1 unspecified atom stereocenters. The van der Waals surface area contributed by atoms with Gasteiger partial charge < -0.3 is 19.6 Å². The maximum absolute atomic E-state index is 2.65. The molecule has 1 spiro atoms. The molecule has 6 aliphatic rings. The van der Waals surface area contributed by atoms with Gasteiger partial charge in [-0.05, 0) is 240 Å². The topological polar surface area (TPSA) is 13.0 Å². The molecule has 0 N–H and O–H groups in total. The van der Waals surface area contributed by atoms with Gasteiger partial charge in [-0.2, -0.15) is 0 Å². The molecule has 103 heavy (non-hydrogen) atoms. The quantitative estimate of drug-likeness (QED) is 0.163. The molecule has 12 aromatic carbocycles. The van der Waals surface area contributed by atoms with Crippen LogP contribution in [0, 0.1) is 0 Å². The first-order chi connectivity index (χ1) is 48.9. The first-order valence-electron chi connectivity index (χ1n) is 37.6. The van der Waals surface area contributed by atoms with Gasteiger partial charge in [0.25, 0.3) is 13.4 Å². The zero-order valence-electron chi connectivity index (χ0n) is 63.5. The van der Waals surface area contributed by atoms with Crippen molar-refractivity contribution in [2.45, 2.75) is 163 Å². The van der Waals surface area contributed by atoms with E-state index in [0.717, 1.165) is 11.4 Å². The second kappa shape index (κ2) is 22.0. The Morgan fingerprint density at radius 2 is 0.505 bits per heavy atom. The summed E-state index contributed by atoms with van der Waals surface area (Å²) in [6, 6.07) is 96.4. The van der Waals surface area contributed by atoms with E-state index in [1.807, 2.05) is 0 Å². The lowest BCUT2D eigenvalue weighted by atomic mass is 9.33. The number of rotatable bonds is 4. The van der Waals surface area contributed by atoms with Gasteiger partial charge in [0.15, 0.2) is 0 Å². The van der Waals surface area contributed by atoms with Gasteiger partial charge in [0.05, 0.1) is 5.41 Å². The van der Waals surface area contributed by atoms with Crippen molar-refractivity contribution in [3.63, 3.8) is 0 Å². The predicted molar refractivity (Wildman–Crippen MR) is 443 cm³/mol. The van der Waals surface area contributed by atoms with Gasteiger partial charge >= 0.3 is 0 Å². The highest BCUT2D eigenvalue weighted by Crippen LogP contribution is 2.65. The van der Waals surface area contributed by atoms with E-state index in [1.165, 1.54) is 168 Å². The molecule has 1 atom stereocenters. The minimum absolute atomic E-state index is 0.0122. The van der Waals surface area contributed by atoms with Crippen molar-refractivity contribution in [1.82, 2.24) is 0 Å². The molecule has 4 aliphatic heterocycles. The summed E-state index contributed by atoms with van der Waals surface area (Å²) in [6.45, 7) is 42.1. The van der Waals surface area contributed by atoms with Crippen molar-refractivity contribution in [1.29, 1.82) is 0 Å². The summed E-state index contributed by atoms with van der Waals surface area (Å²) >= 11 is 0. The number of benzene rings is 12. The van der Waals surface area contributed by atoms with E-state index in [1.54, 1.807) is 0 Å². The van der Waals surface area contributed by atoms with Crippen molar-refractivity contribution in [3.8, 4) is 22.3 Å². The molecule has 2 aliphatic carbocycles. The van der Waals surface area contributed by atoms with Gasteiger partial charge in [0.2, 0.25) is 0 Å². The molecule has 6 heteroatoms. The van der Waals surface area contributed by atoms with Crippen LogP contribution in [0.15, 0.2) is 243 Å². The van der Waals surface area contributed by atoms with E-state index in [2.05, 4.69) is 387 Å². The molecule has 4 nitrogen and oxygen atoms in total. The van der Waals surface area contributed by atoms with Crippen LogP contribution in [0.5, 0.6) is 0 Å². The highest BCUT2D eigenvalue weighted by atomic mass is 15.2. The second-order valence-electron chi connectivity index (χ2n) is 36.6. The summed E-state index contributed by atoms with van der Waals surface area (Å²) in [5.74, 6) is 0. The molecule has 12 aromatic rings. The number of hydrogen-bond acceptors (Lipinski definition) is 4. The zero-order valence-corrected chi connectivity index (χ0v) is 63.5. The van der Waals surface area contributed by atoms with Crippen molar-refractivity contribution in [3.05, 3.63) is 298 Å². The van der Waals surface area contributed by atoms with Crippen molar-refractivity contribution in [2.24, 2.45) is 0 Å². The van der Waals surface area contributed by atoms with Crippen LogP contribution in [-0.2, 0) is 37.9 Å². The van der Waals surface area contributed by atoms with Crippen LogP contribution < -0.4 is 52.4 Å². The van der Waals surface area contributed by atoms with Gasteiger partial charge in [-0.3, -0.25) is 0 Å². The largest absolute Gasteiger partial charge is 0.311 e. The van der Waals surface area contributed by atoms with Gasteiger partial charge in [-0.25, -0.2) is 0 Å². The van der Waals surface area contributed by atoms with Gasteiger partial charge in [-0.1, -0.05) is 270 Å². The molecule has 0 bridgehead atoms. The van der Waals surface area contributed by atoms with E-state index in [0.29, 0.717) is 0 Å². The first-order valence-corrected chi connectivity index (χ1v) is 37.6. The Hall–Kier alpha value is -10.0. The average molecular weight is 1340 g/mol. The fourth-order valence-electron chi connectivity index (χ4n) is 18.5. The van der Waals surface area contributed by atoms with E-state index in [9.17, 15) is 0 Å². The summed E-state index contributed by atoms with van der Waals surface area (Å²) in [4.78, 5) is 10.4. The molecule has 18 rings (SSSR count). The summed E-state index contributed by atoms with van der Waals surface area (Å²) in [7, 11) is 0. The maximum Gasteiger partial charge on any atom is 0.252 e. The Balaban J connectivity index is 0.865. The minimum Gasteiger partial charge on any atom is -0.311 e. The van der Waals surface area contributed by atoms with Crippen LogP contribution in [0.3, 0.4) is 0 Å². The lowest BCUT2D eigenvalue weighted by molar-refractivity contribution is 0.590. The van der Waals surface area contributed by atoms with Crippen LogP contribution in [-0.4, -0.2) is 13.4 Å². The predicted octanol–water partition coefficient (Wildman–Crippen LogP) is 22.0. The highest BCUT2D eigenvalue weighted by Gasteiger charge is 2.54. The average Bonchev–Trinajstić information content (AvgIpc) is 1.56. The Morgan fingerprint density at radius 1 is 0.214 bits per heavy atom. The molecule has 0 saturated carbocycles. The third kappa shape index (κ3) is 9.63. The zero-order chi connectivity index (χ0) is 71.7. The lowest BCUT2D eigenvalue weighted by Crippen LogP contribution is -2.61. The SMILES string of the molecule is CC(C)(C)c1ccc(N2c3ccc(C(C)(C)C)cc3B3c4cc(C(C)(C)C)ccc4N(c4ccc5c(c4)C4(c6ccccc6-5)c5ccccc5-c5ccc(N6c7cc(C(C)(C)C)ccc7B7c8ccc(C(C)(C)C)cc8N(c8ccc(C(C)(C)C)cc8)c8cccc6c87)cc54)c4cccc2c43)cc1. The fraction of sp³-hybridized carbons (Fsp3) is 0.258. The monoisotopic (exact) mass is 1340 g/mol. The highest BCUT2D eigenvalue weighted by molar-refractivity contribution is 7.01. The Kier molecular flexibility index (Phi) is 13.9. The first kappa shape index (κ1) is 65.0. The number of fused-ring (bicyclic) bond motifs is 18. The molecular formula is C97H94B2N4. The van der Waals surface area contributed by atoms with Crippen LogP contribution in [0.2, 0.25) is 0 Å². The van der Waals surface area contributed by atoms with Crippen LogP contribution in [0.25, 0.3) is 22.3 Å². The van der Waals surface area contributed by atoms with Crippen LogP contribution in [0.1, 0.15) is 180 Å². The summed E-state index contributed by atoms with van der Waals surface area (Å²) in [5, 5.41) is 0. The third-order valence-corrected chi connectivity index (χ3v) is 24.0. The Labute approximate surface area is 613 Å². The molecular weight excluding hydrogens is 1240 g/mol. The normalized spacial score (nSPS) is 16.0. The van der Waals surface area contributed by atoms with Gasteiger partial charge in [-0.15, -0.1) is 0 Å². The fourth-order valence-corrected chi connectivity index (χ4v) is 18.5. The van der Waals surface area contributed by atoms with Gasteiger partial charge in [0.1, 0.15) is 0 Å². The number of anilines is 12. The minimum atomic E-state index is -0.681. The third-order valence-electron chi connectivity index (χ3n) is 24.0. The summed E-state index contributed by atoms with van der Waals surface area (Å²) in [6.07, 6.45) is 0. The maximum atomic E-state index is 2.65. The molecule has 0 fully saturated rings. The van der Waals surface area contributed by atoms with Crippen molar-refractivity contribution in [2.75, 3.05) is 19.6 Å². The molecule has 0 radical (unpaired) electrons. The second-order valence-corrected chi connectivity index (χ2v) is 36.6. The lowest BCUT2D eigenvalue weighted by Gasteiger charge is -2.45. The molecule has 0 saturated heterocycles. The van der Waals surface area contributed by atoms with Crippen molar-refractivity contribution < 1.29 is 0 Å².